The van der Waals surface area contributed by atoms with Crippen LogP contribution in [0.1, 0.15) is 37.0 Å². The van der Waals surface area contributed by atoms with Gasteiger partial charge in [0.15, 0.2) is 5.69 Å². The Morgan fingerprint density at radius 2 is 2.09 bits per heavy atom. The number of hydrogen-bond acceptors (Lipinski definition) is 5. The Morgan fingerprint density at radius 3 is 2.64 bits per heavy atom. The predicted molar refractivity (Wildman–Crippen MR) is 77.0 cm³/mol. The number of hydrogen-bond donors (Lipinski definition) is 1. The molecule has 0 spiro atoms. The van der Waals surface area contributed by atoms with Crippen LogP contribution in [0.15, 0.2) is 6.33 Å². The van der Waals surface area contributed by atoms with Gasteiger partial charge in [-0.05, 0) is 20.8 Å². The van der Waals surface area contributed by atoms with Crippen LogP contribution < -0.4 is 5.32 Å². The van der Waals surface area contributed by atoms with Gasteiger partial charge in [-0.1, -0.05) is 0 Å². The van der Waals surface area contributed by atoms with Gasteiger partial charge in [0.1, 0.15) is 17.4 Å². The van der Waals surface area contributed by atoms with E-state index < -0.39 is 11.7 Å². The Labute approximate surface area is 128 Å². The van der Waals surface area contributed by atoms with E-state index in [1.165, 1.54) is 15.8 Å². The Balaban J connectivity index is 1.88. The monoisotopic (exact) mass is 305 g/mol. The maximum Gasteiger partial charge on any atom is 0.410 e. The fraction of sp³-hybridized carbons (Fsp3) is 0.571. The normalized spacial score (nSPS) is 15.0. The van der Waals surface area contributed by atoms with Crippen LogP contribution in [0.4, 0.5) is 4.79 Å². The van der Waals surface area contributed by atoms with Gasteiger partial charge >= 0.3 is 6.09 Å². The van der Waals surface area contributed by atoms with Crippen molar-refractivity contribution in [1.82, 2.24) is 19.8 Å². The maximum absolute atomic E-state index is 12.2. The first-order valence-corrected chi connectivity index (χ1v) is 6.91. The van der Waals surface area contributed by atoms with Gasteiger partial charge in [0.25, 0.3) is 5.91 Å². The van der Waals surface area contributed by atoms with Crippen molar-refractivity contribution < 1.29 is 14.3 Å². The molecule has 1 aromatic heterocycles. The minimum Gasteiger partial charge on any atom is -0.444 e. The fourth-order valence-electron chi connectivity index (χ4n) is 2.08. The molecule has 8 heteroatoms. The third-order valence-electron chi connectivity index (χ3n) is 3.13. The summed E-state index contributed by atoms with van der Waals surface area (Å²) in [5.74, 6) is -0.370. The highest BCUT2D eigenvalue weighted by Crippen LogP contribution is 2.16. The zero-order valence-corrected chi connectivity index (χ0v) is 13.1. The summed E-state index contributed by atoms with van der Waals surface area (Å²) in [6, 6.07) is 1.73. The first-order chi connectivity index (χ1) is 10.2. The van der Waals surface area contributed by atoms with Crippen molar-refractivity contribution >= 4 is 12.0 Å². The number of likely N-dealkylation sites (tertiary alicyclic amines) is 1. The van der Waals surface area contributed by atoms with Crippen LogP contribution in [0.3, 0.4) is 0 Å². The first-order valence-electron chi connectivity index (χ1n) is 6.91. The van der Waals surface area contributed by atoms with Crippen molar-refractivity contribution in [3.63, 3.8) is 0 Å². The van der Waals surface area contributed by atoms with E-state index in [2.05, 4.69) is 10.3 Å². The third kappa shape index (κ3) is 3.36. The second-order valence-corrected chi connectivity index (χ2v) is 6.22. The smallest absolute Gasteiger partial charge is 0.410 e. The number of amides is 2. The molecule has 1 N–H and O–H groups in total. The molecule has 1 fully saturated rings. The van der Waals surface area contributed by atoms with Crippen molar-refractivity contribution in [3.8, 4) is 6.07 Å². The minimum atomic E-state index is -0.540. The van der Waals surface area contributed by atoms with Crippen molar-refractivity contribution in [2.45, 2.75) is 32.4 Å². The molecule has 8 nitrogen and oxygen atoms in total. The van der Waals surface area contributed by atoms with E-state index in [0.29, 0.717) is 13.1 Å². The lowest BCUT2D eigenvalue weighted by Crippen LogP contribution is -2.61. The number of ether oxygens (including phenoxy) is 1. The molecule has 0 saturated carbocycles. The van der Waals surface area contributed by atoms with E-state index in [-0.39, 0.29) is 23.3 Å². The van der Waals surface area contributed by atoms with E-state index in [0.717, 1.165) is 0 Å². The lowest BCUT2D eigenvalue weighted by Gasteiger charge is -2.39. The average Bonchev–Trinajstić information content (AvgIpc) is 2.71. The van der Waals surface area contributed by atoms with Crippen molar-refractivity contribution in [3.05, 3.63) is 17.7 Å². The Hall–Kier alpha value is -2.56. The number of aromatic nitrogens is 2. The van der Waals surface area contributed by atoms with E-state index >= 15 is 0 Å². The van der Waals surface area contributed by atoms with Crippen molar-refractivity contribution in [1.29, 1.82) is 5.26 Å². The van der Waals surface area contributed by atoms with E-state index in [1.807, 2.05) is 6.07 Å². The topological polar surface area (TPSA) is 100 Å². The predicted octanol–water partition coefficient (Wildman–Crippen LogP) is 0.641. The van der Waals surface area contributed by atoms with Gasteiger partial charge in [-0.2, -0.15) is 5.26 Å². The summed E-state index contributed by atoms with van der Waals surface area (Å²) in [6.45, 7) is 6.18. The molecule has 2 rings (SSSR count). The van der Waals surface area contributed by atoms with Crippen molar-refractivity contribution in [2.24, 2.45) is 7.05 Å². The second kappa shape index (κ2) is 5.67. The molecule has 118 valence electrons. The zero-order valence-electron chi connectivity index (χ0n) is 13.1. The Bertz CT molecular complexity index is 632. The van der Waals surface area contributed by atoms with Crippen LogP contribution in [0.2, 0.25) is 0 Å². The molecule has 0 atom stereocenters. The van der Waals surface area contributed by atoms with Crippen LogP contribution in [0, 0.1) is 11.3 Å². The number of carbonyl (C=O) groups is 2. The fourth-order valence-corrected chi connectivity index (χ4v) is 2.08. The minimum absolute atomic E-state index is 0.0864. The third-order valence-corrected chi connectivity index (χ3v) is 3.13. The molecule has 2 amide bonds. The quantitative estimate of drug-likeness (QED) is 0.864. The second-order valence-electron chi connectivity index (χ2n) is 6.22. The molecule has 1 aliphatic rings. The summed E-state index contributed by atoms with van der Waals surface area (Å²) in [7, 11) is 1.65. The van der Waals surface area contributed by atoms with Gasteiger partial charge in [0.2, 0.25) is 0 Å². The molecule has 0 bridgehead atoms. The van der Waals surface area contributed by atoms with E-state index in [1.54, 1.807) is 27.8 Å². The van der Waals surface area contributed by atoms with Gasteiger partial charge in [-0.3, -0.25) is 4.79 Å². The zero-order chi connectivity index (χ0) is 16.5. The highest BCUT2D eigenvalue weighted by atomic mass is 16.6. The van der Waals surface area contributed by atoms with Crippen LogP contribution >= 0.6 is 0 Å². The van der Waals surface area contributed by atoms with Crippen molar-refractivity contribution in [2.75, 3.05) is 13.1 Å². The largest absolute Gasteiger partial charge is 0.444 e. The summed E-state index contributed by atoms with van der Waals surface area (Å²) in [5.41, 5.74) is -0.233. The molecule has 22 heavy (non-hydrogen) atoms. The van der Waals surface area contributed by atoms with Crippen LogP contribution in [0.5, 0.6) is 0 Å². The number of nitrogens with one attached hydrogen (secondary N) is 1. The number of nitrogens with zero attached hydrogens (tertiary/aromatic N) is 4. The van der Waals surface area contributed by atoms with Crippen LogP contribution in [-0.4, -0.2) is 51.2 Å². The number of rotatable bonds is 2. The van der Waals surface area contributed by atoms with Gasteiger partial charge in [0, 0.05) is 20.1 Å². The first kappa shape index (κ1) is 15.8. The van der Waals surface area contributed by atoms with E-state index in [4.69, 9.17) is 10.00 Å². The Kier molecular flexibility index (Phi) is 4.08. The molecule has 0 aliphatic carbocycles. The molecule has 1 aromatic rings. The number of imidazole rings is 1. The van der Waals surface area contributed by atoms with E-state index in [9.17, 15) is 9.59 Å². The molecule has 1 saturated heterocycles. The Morgan fingerprint density at radius 1 is 1.45 bits per heavy atom. The lowest BCUT2D eigenvalue weighted by atomic mass is 10.1. The average molecular weight is 305 g/mol. The molecule has 0 unspecified atom stereocenters. The standard InChI is InChI=1S/C14H19N5O3/c1-14(2,3)22-13(21)19-6-9(7-19)17-12(20)11-10(5-15)16-8-18(11)4/h8-9H,6-7H2,1-4H3,(H,17,20). The molecule has 0 radical (unpaired) electrons. The number of carbonyl (C=O) groups excluding carboxylic acids is 2. The summed E-state index contributed by atoms with van der Waals surface area (Å²) < 4.78 is 6.74. The molecule has 2 heterocycles. The highest BCUT2D eigenvalue weighted by molar-refractivity contribution is 5.95. The molecule has 1 aliphatic heterocycles. The lowest BCUT2D eigenvalue weighted by molar-refractivity contribution is 0.00529. The summed E-state index contributed by atoms with van der Waals surface area (Å²) >= 11 is 0. The van der Waals surface area contributed by atoms with Crippen LogP contribution in [-0.2, 0) is 11.8 Å². The molecular weight excluding hydrogens is 286 g/mol. The summed E-state index contributed by atoms with van der Waals surface area (Å²) in [5, 5.41) is 11.7. The molecule has 0 aromatic carbocycles. The van der Waals surface area contributed by atoms with Gasteiger partial charge in [-0.15, -0.1) is 0 Å². The number of nitriles is 1. The maximum atomic E-state index is 12.2. The van der Waals surface area contributed by atoms with Crippen LogP contribution in [0.25, 0.3) is 0 Å². The molecular formula is C14H19N5O3. The van der Waals surface area contributed by atoms with Gasteiger partial charge < -0.3 is 19.5 Å². The van der Waals surface area contributed by atoms with Gasteiger partial charge in [-0.25, -0.2) is 9.78 Å². The highest BCUT2D eigenvalue weighted by Gasteiger charge is 2.35. The number of aryl methyl sites for hydroxylation is 1. The summed E-state index contributed by atoms with van der Waals surface area (Å²) in [6.07, 6.45) is 1.03. The van der Waals surface area contributed by atoms with Gasteiger partial charge in [0.05, 0.1) is 12.4 Å². The summed E-state index contributed by atoms with van der Waals surface area (Å²) in [4.78, 5) is 29.3. The SMILES string of the molecule is Cn1cnc(C#N)c1C(=O)NC1CN(C(=O)OC(C)(C)C)C1.